The first-order valence-electron chi connectivity index (χ1n) is 6.89. The highest BCUT2D eigenvalue weighted by molar-refractivity contribution is 7.80. The third-order valence-corrected chi connectivity index (χ3v) is 3.89. The minimum atomic E-state index is 0.0872. The molecular weight excluding hydrogens is 270 g/mol. The van der Waals surface area contributed by atoms with E-state index in [0.717, 1.165) is 25.1 Å². The number of likely N-dealkylation sites (N-methyl/N-ethyl adjacent to an activating group) is 1. The van der Waals surface area contributed by atoms with Gasteiger partial charge in [-0.05, 0) is 12.0 Å². The predicted octanol–water partition coefficient (Wildman–Crippen LogP) is 1.57. The minimum absolute atomic E-state index is 0.0872. The van der Waals surface area contributed by atoms with E-state index in [1.165, 1.54) is 0 Å². The summed E-state index contributed by atoms with van der Waals surface area (Å²) >= 11 is 5.08. The Morgan fingerprint density at radius 1 is 1.35 bits per heavy atom. The fraction of sp³-hybridized carbons (Fsp3) is 0.467. The van der Waals surface area contributed by atoms with Gasteiger partial charge in [0.25, 0.3) is 0 Å². The summed E-state index contributed by atoms with van der Waals surface area (Å²) in [7, 11) is 1.86. The molecule has 5 heteroatoms. The Balaban J connectivity index is 2.22. The first-order chi connectivity index (χ1) is 9.58. The van der Waals surface area contributed by atoms with E-state index in [1.807, 2.05) is 25.2 Å². The average molecular weight is 291 g/mol. The Kier molecular flexibility index (Phi) is 5.09. The van der Waals surface area contributed by atoms with Crippen molar-refractivity contribution in [2.75, 3.05) is 26.7 Å². The number of amides is 1. The molecule has 1 aliphatic heterocycles. The van der Waals surface area contributed by atoms with Crippen LogP contribution in [0.3, 0.4) is 0 Å². The molecule has 1 aliphatic rings. The van der Waals surface area contributed by atoms with Crippen molar-refractivity contribution in [1.82, 2.24) is 9.80 Å². The molecule has 1 atom stereocenters. The monoisotopic (exact) mass is 291 g/mol. The van der Waals surface area contributed by atoms with Gasteiger partial charge in [0.05, 0.1) is 11.5 Å². The molecule has 2 rings (SSSR count). The van der Waals surface area contributed by atoms with Crippen molar-refractivity contribution in [3.63, 3.8) is 0 Å². The zero-order valence-corrected chi connectivity index (χ0v) is 12.6. The highest BCUT2D eigenvalue weighted by atomic mass is 32.1. The summed E-state index contributed by atoms with van der Waals surface area (Å²) < 4.78 is 0. The zero-order valence-electron chi connectivity index (χ0n) is 11.8. The van der Waals surface area contributed by atoms with E-state index in [-0.39, 0.29) is 11.9 Å². The molecule has 1 saturated heterocycles. The Morgan fingerprint density at radius 3 is 2.70 bits per heavy atom. The topological polar surface area (TPSA) is 49.6 Å². The lowest BCUT2D eigenvalue weighted by atomic mass is 10.0. The highest BCUT2D eigenvalue weighted by Crippen LogP contribution is 2.25. The summed E-state index contributed by atoms with van der Waals surface area (Å²) in [6.45, 7) is 2.13. The van der Waals surface area contributed by atoms with Crippen molar-refractivity contribution < 1.29 is 4.79 Å². The molecule has 20 heavy (non-hydrogen) atoms. The van der Waals surface area contributed by atoms with Gasteiger partial charge in [0, 0.05) is 32.6 Å². The molecule has 0 aliphatic carbocycles. The molecule has 4 nitrogen and oxygen atoms in total. The minimum Gasteiger partial charge on any atom is -0.393 e. The Bertz CT molecular complexity index is 477. The van der Waals surface area contributed by atoms with Gasteiger partial charge in [0.2, 0.25) is 5.91 Å². The third-order valence-electron chi connectivity index (χ3n) is 3.72. The first kappa shape index (κ1) is 14.9. The maximum atomic E-state index is 12.1. The number of rotatable bonds is 4. The fourth-order valence-corrected chi connectivity index (χ4v) is 2.76. The number of nitrogens with zero attached hydrogens (tertiary/aromatic N) is 2. The van der Waals surface area contributed by atoms with Gasteiger partial charge >= 0.3 is 0 Å². The van der Waals surface area contributed by atoms with Crippen LogP contribution in [0.25, 0.3) is 0 Å². The zero-order chi connectivity index (χ0) is 14.5. The molecule has 0 bridgehead atoms. The molecule has 1 aromatic carbocycles. The van der Waals surface area contributed by atoms with Crippen LogP contribution in [0, 0.1) is 0 Å². The van der Waals surface area contributed by atoms with Gasteiger partial charge in [-0.15, -0.1) is 0 Å². The van der Waals surface area contributed by atoms with Crippen molar-refractivity contribution >= 4 is 23.1 Å². The number of thiocarbonyl (C=S) groups is 1. The Hall–Kier alpha value is -1.46. The highest BCUT2D eigenvalue weighted by Gasteiger charge is 2.26. The second-order valence-electron chi connectivity index (χ2n) is 5.24. The average Bonchev–Trinajstić information content (AvgIpc) is 2.59. The van der Waals surface area contributed by atoms with E-state index in [4.69, 9.17) is 18.0 Å². The number of hydrogen-bond donors (Lipinski definition) is 1. The van der Waals surface area contributed by atoms with Gasteiger partial charge in [0.1, 0.15) is 0 Å². The molecule has 1 unspecified atom stereocenters. The quantitative estimate of drug-likeness (QED) is 0.856. The molecule has 1 heterocycles. The molecule has 1 fully saturated rings. The van der Waals surface area contributed by atoms with Crippen LogP contribution < -0.4 is 5.73 Å². The van der Waals surface area contributed by atoms with Crippen molar-refractivity contribution in [3.05, 3.63) is 35.9 Å². The van der Waals surface area contributed by atoms with Crippen LogP contribution in [0.4, 0.5) is 0 Å². The van der Waals surface area contributed by atoms with Crippen LogP contribution in [0.2, 0.25) is 0 Å². The summed E-state index contributed by atoms with van der Waals surface area (Å²) in [4.78, 5) is 16.5. The molecule has 0 aromatic heterocycles. The van der Waals surface area contributed by atoms with Crippen molar-refractivity contribution in [2.24, 2.45) is 5.73 Å². The number of benzene rings is 1. The van der Waals surface area contributed by atoms with Crippen molar-refractivity contribution in [1.29, 1.82) is 0 Å². The lowest BCUT2D eigenvalue weighted by Gasteiger charge is -2.30. The van der Waals surface area contributed by atoms with Gasteiger partial charge in [0.15, 0.2) is 0 Å². The largest absolute Gasteiger partial charge is 0.393 e. The number of nitrogens with two attached hydrogens (primary N) is 1. The third kappa shape index (κ3) is 3.77. The van der Waals surface area contributed by atoms with E-state index < -0.39 is 0 Å². The van der Waals surface area contributed by atoms with Crippen LogP contribution in [-0.4, -0.2) is 47.4 Å². The molecule has 0 radical (unpaired) electrons. The van der Waals surface area contributed by atoms with Gasteiger partial charge in [-0.2, -0.15) is 0 Å². The van der Waals surface area contributed by atoms with Gasteiger partial charge < -0.3 is 10.6 Å². The molecule has 1 amide bonds. The summed E-state index contributed by atoms with van der Waals surface area (Å²) in [5.74, 6) is 0.159. The second kappa shape index (κ2) is 6.81. The lowest BCUT2D eigenvalue weighted by molar-refractivity contribution is -0.130. The van der Waals surface area contributed by atoms with E-state index in [0.29, 0.717) is 18.0 Å². The maximum absolute atomic E-state index is 12.1. The maximum Gasteiger partial charge on any atom is 0.236 e. The van der Waals surface area contributed by atoms with E-state index in [1.54, 1.807) is 4.90 Å². The summed E-state index contributed by atoms with van der Waals surface area (Å²) in [5, 5.41) is 0. The standard InChI is InChI=1S/C15H21N3OS/c1-17-8-5-9-18(11-15(17)19)13(10-14(16)20)12-6-3-2-4-7-12/h2-4,6-7,13H,5,8-11H2,1H3,(H2,16,20). The second-order valence-corrected chi connectivity index (χ2v) is 5.76. The molecule has 2 N–H and O–H groups in total. The van der Waals surface area contributed by atoms with Gasteiger partial charge in [-0.1, -0.05) is 42.5 Å². The molecular formula is C15H21N3OS. The summed E-state index contributed by atoms with van der Waals surface area (Å²) in [6, 6.07) is 10.2. The number of hydrogen-bond acceptors (Lipinski definition) is 3. The lowest BCUT2D eigenvalue weighted by Crippen LogP contribution is -2.37. The first-order valence-corrected chi connectivity index (χ1v) is 7.30. The Morgan fingerprint density at radius 2 is 2.05 bits per heavy atom. The van der Waals surface area contributed by atoms with E-state index in [2.05, 4.69) is 17.0 Å². The van der Waals surface area contributed by atoms with Crippen LogP contribution >= 0.6 is 12.2 Å². The van der Waals surface area contributed by atoms with Crippen LogP contribution in [0.5, 0.6) is 0 Å². The molecule has 108 valence electrons. The summed E-state index contributed by atoms with van der Waals surface area (Å²) in [6.07, 6.45) is 1.58. The molecule has 0 spiro atoms. The van der Waals surface area contributed by atoms with Crippen molar-refractivity contribution in [3.8, 4) is 0 Å². The summed E-state index contributed by atoms with van der Waals surface area (Å²) in [5.41, 5.74) is 6.91. The van der Waals surface area contributed by atoms with E-state index >= 15 is 0 Å². The van der Waals surface area contributed by atoms with Crippen molar-refractivity contribution in [2.45, 2.75) is 18.9 Å². The van der Waals surface area contributed by atoms with Gasteiger partial charge in [-0.25, -0.2) is 0 Å². The molecule has 1 aromatic rings. The number of carbonyl (C=O) groups excluding carboxylic acids is 1. The fourth-order valence-electron chi connectivity index (χ4n) is 2.60. The number of carbonyl (C=O) groups is 1. The SMILES string of the molecule is CN1CCCN(C(CC(N)=S)c2ccccc2)CC1=O. The molecule has 0 saturated carbocycles. The van der Waals surface area contributed by atoms with E-state index in [9.17, 15) is 4.79 Å². The van der Waals surface area contributed by atoms with Crippen LogP contribution in [-0.2, 0) is 4.79 Å². The normalized spacial score (nSPS) is 18.6. The van der Waals surface area contributed by atoms with Crippen LogP contribution in [0.15, 0.2) is 30.3 Å². The smallest absolute Gasteiger partial charge is 0.236 e. The Labute approximate surface area is 125 Å². The predicted molar refractivity (Wildman–Crippen MR) is 84.4 cm³/mol. The van der Waals surface area contributed by atoms with Gasteiger partial charge in [-0.3, -0.25) is 9.69 Å². The van der Waals surface area contributed by atoms with Crippen LogP contribution in [0.1, 0.15) is 24.4 Å².